The molecule has 0 aliphatic carbocycles. The Labute approximate surface area is 243 Å². The lowest BCUT2D eigenvalue weighted by Crippen LogP contribution is -2.36. The molecule has 12 heteroatoms. The van der Waals surface area contributed by atoms with Crippen LogP contribution >= 0.6 is 0 Å². The Bertz CT molecular complexity index is 1560. The van der Waals surface area contributed by atoms with E-state index in [1.165, 1.54) is 12.7 Å². The zero-order valence-corrected chi connectivity index (χ0v) is 23.7. The molecule has 0 unspecified atom stereocenters. The summed E-state index contributed by atoms with van der Waals surface area (Å²) in [5, 5.41) is 5.33. The number of anilines is 2. The van der Waals surface area contributed by atoms with Gasteiger partial charge in [0.05, 0.1) is 6.33 Å². The number of amides is 3. The summed E-state index contributed by atoms with van der Waals surface area (Å²) in [6, 6.07) is 16.5. The van der Waals surface area contributed by atoms with Crippen LogP contribution in [0.3, 0.4) is 0 Å². The third kappa shape index (κ3) is 7.90. The van der Waals surface area contributed by atoms with Gasteiger partial charge in [-0.15, -0.1) is 6.58 Å². The van der Waals surface area contributed by atoms with Gasteiger partial charge in [-0.25, -0.2) is 24.5 Å². The maximum absolute atomic E-state index is 13.6. The van der Waals surface area contributed by atoms with Crippen molar-refractivity contribution in [3.8, 4) is 0 Å². The first-order valence-corrected chi connectivity index (χ1v) is 13.2. The van der Waals surface area contributed by atoms with Gasteiger partial charge in [0.25, 0.3) is 0 Å². The number of benzene rings is 2. The molecule has 0 radical (unpaired) electrons. The van der Waals surface area contributed by atoms with Crippen molar-refractivity contribution >= 4 is 40.8 Å². The molecule has 2 aromatic heterocycles. The van der Waals surface area contributed by atoms with E-state index in [4.69, 9.17) is 9.47 Å². The van der Waals surface area contributed by atoms with Gasteiger partial charge < -0.3 is 24.3 Å². The number of carbonyl (C=O) groups is 3. The van der Waals surface area contributed by atoms with E-state index < -0.39 is 17.8 Å². The first-order valence-electron chi connectivity index (χ1n) is 13.2. The van der Waals surface area contributed by atoms with Crippen LogP contribution in [0, 0.1) is 0 Å². The minimum absolute atomic E-state index is 0.0950. The van der Waals surface area contributed by atoms with Gasteiger partial charge >= 0.3 is 12.2 Å². The summed E-state index contributed by atoms with van der Waals surface area (Å²) in [4.78, 5) is 52.5. The lowest BCUT2D eigenvalue weighted by molar-refractivity contribution is -0.119. The second kappa shape index (κ2) is 13.4. The van der Waals surface area contributed by atoms with E-state index in [-0.39, 0.29) is 38.0 Å². The van der Waals surface area contributed by atoms with Crippen LogP contribution in [-0.4, -0.2) is 49.8 Å². The van der Waals surface area contributed by atoms with Gasteiger partial charge in [0.2, 0.25) is 5.91 Å². The average molecular weight is 572 g/mol. The van der Waals surface area contributed by atoms with Crippen LogP contribution in [0.15, 0.2) is 79.9 Å². The second-order valence-corrected chi connectivity index (χ2v) is 10.2. The molecule has 0 saturated carbocycles. The average Bonchev–Trinajstić information content (AvgIpc) is 3.37. The molecule has 42 heavy (non-hydrogen) atoms. The van der Waals surface area contributed by atoms with Gasteiger partial charge in [-0.2, -0.15) is 0 Å². The van der Waals surface area contributed by atoms with Crippen LogP contribution in [0.25, 0.3) is 11.2 Å². The fourth-order valence-corrected chi connectivity index (χ4v) is 4.04. The van der Waals surface area contributed by atoms with Crippen LogP contribution in [-0.2, 0) is 34.0 Å². The Morgan fingerprint density at radius 3 is 2.48 bits per heavy atom. The number of hydrogen-bond acceptors (Lipinski definition) is 8. The lowest BCUT2D eigenvalue weighted by Gasteiger charge is -2.25. The molecule has 218 valence electrons. The molecule has 0 bridgehead atoms. The van der Waals surface area contributed by atoms with Crippen molar-refractivity contribution < 1.29 is 23.9 Å². The van der Waals surface area contributed by atoms with E-state index in [1.54, 1.807) is 42.4 Å². The molecular formula is C30H33N7O5. The van der Waals surface area contributed by atoms with Crippen LogP contribution in [0.1, 0.15) is 31.9 Å². The highest BCUT2D eigenvalue weighted by molar-refractivity contribution is 5.96. The Morgan fingerprint density at radius 2 is 1.74 bits per heavy atom. The predicted molar refractivity (Wildman–Crippen MR) is 158 cm³/mol. The first kappa shape index (κ1) is 29.7. The van der Waals surface area contributed by atoms with Crippen LogP contribution in [0.2, 0.25) is 0 Å². The van der Waals surface area contributed by atoms with Gasteiger partial charge in [0.15, 0.2) is 17.0 Å². The summed E-state index contributed by atoms with van der Waals surface area (Å²) < 4.78 is 12.2. The summed E-state index contributed by atoms with van der Waals surface area (Å²) in [6.45, 7) is 9.52. The van der Waals surface area contributed by atoms with Crippen molar-refractivity contribution in [3.63, 3.8) is 0 Å². The predicted octanol–water partition coefficient (Wildman–Crippen LogP) is 4.82. The molecule has 2 aromatic carbocycles. The molecule has 2 N–H and O–H groups in total. The van der Waals surface area contributed by atoms with E-state index in [9.17, 15) is 14.4 Å². The fraction of sp³-hybridized carbons (Fsp3) is 0.267. The summed E-state index contributed by atoms with van der Waals surface area (Å²) in [5.41, 5.74) is 2.20. The van der Waals surface area contributed by atoms with Crippen LogP contribution in [0.4, 0.5) is 21.1 Å². The highest BCUT2D eigenvalue weighted by atomic mass is 16.6. The number of para-hydroxylation sites is 1. The number of hydrogen-bond donors (Lipinski definition) is 2. The SMILES string of the molecule is C=CCN(C(=O)Cn1cnc2c(NC(=O)OCc3ccccc3)ncnc21)c1ccccc1CNC(=O)OC(C)(C)C. The summed E-state index contributed by atoms with van der Waals surface area (Å²) in [5.74, 6) is -0.111. The minimum Gasteiger partial charge on any atom is -0.444 e. The number of rotatable bonds is 10. The smallest absolute Gasteiger partial charge is 0.413 e. The molecule has 3 amide bonds. The summed E-state index contributed by atoms with van der Waals surface area (Å²) >= 11 is 0. The fourth-order valence-electron chi connectivity index (χ4n) is 4.04. The minimum atomic E-state index is -0.696. The van der Waals surface area contributed by atoms with Crippen LogP contribution in [0.5, 0.6) is 0 Å². The molecule has 0 atom stereocenters. The Hall–Kier alpha value is -5.26. The largest absolute Gasteiger partial charge is 0.444 e. The van der Waals surface area contributed by atoms with E-state index in [1.807, 2.05) is 48.5 Å². The van der Waals surface area contributed by atoms with Crippen molar-refractivity contribution in [2.75, 3.05) is 16.8 Å². The topological polar surface area (TPSA) is 141 Å². The molecule has 0 fully saturated rings. The van der Waals surface area contributed by atoms with E-state index in [2.05, 4.69) is 32.2 Å². The van der Waals surface area contributed by atoms with Crippen molar-refractivity contribution in [1.29, 1.82) is 0 Å². The summed E-state index contributed by atoms with van der Waals surface area (Å²) in [6.07, 6.45) is 3.10. The maximum Gasteiger partial charge on any atom is 0.413 e. The highest BCUT2D eigenvalue weighted by Gasteiger charge is 2.22. The molecule has 0 aliphatic heterocycles. The zero-order chi connectivity index (χ0) is 30.1. The van der Waals surface area contributed by atoms with E-state index in [0.717, 1.165) is 11.1 Å². The standard InChI is InChI=1S/C30H33N7O5/c1-5-15-37(23-14-10-9-13-22(23)16-31-28(39)42-30(2,3)4)24(38)17-36-20-34-25-26(32-19-33-27(25)36)35-29(40)41-18-21-11-7-6-8-12-21/h5-14,19-20H,1,15-18H2,2-4H3,(H,31,39)(H,32,33,35,40). The quantitative estimate of drug-likeness (QED) is 0.258. The normalized spacial score (nSPS) is 11.0. The van der Waals surface area contributed by atoms with Crippen molar-refractivity contribution in [3.05, 3.63) is 91.0 Å². The van der Waals surface area contributed by atoms with Crippen molar-refractivity contribution in [1.82, 2.24) is 24.8 Å². The van der Waals surface area contributed by atoms with Crippen LogP contribution < -0.4 is 15.5 Å². The molecule has 0 spiro atoms. The molecule has 4 rings (SSSR count). The number of nitrogens with one attached hydrogen (secondary N) is 2. The third-order valence-corrected chi connectivity index (χ3v) is 5.86. The lowest BCUT2D eigenvalue weighted by atomic mass is 10.1. The number of aromatic nitrogens is 4. The van der Waals surface area contributed by atoms with Crippen molar-refractivity contribution in [2.24, 2.45) is 0 Å². The van der Waals surface area contributed by atoms with Crippen molar-refractivity contribution in [2.45, 2.75) is 46.1 Å². The molecule has 0 aliphatic rings. The monoisotopic (exact) mass is 571 g/mol. The Morgan fingerprint density at radius 1 is 1.00 bits per heavy atom. The Balaban J connectivity index is 1.47. The number of carbonyl (C=O) groups excluding carboxylic acids is 3. The van der Waals surface area contributed by atoms with E-state index in [0.29, 0.717) is 16.9 Å². The number of alkyl carbamates (subject to hydrolysis) is 1. The highest BCUT2D eigenvalue weighted by Crippen LogP contribution is 2.23. The number of nitrogens with zero attached hydrogens (tertiary/aromatic N) is 5. The van der Waals surface area contributed by atoms with Gasteiger partial charge in [-0.05, 0) is 38.0 Å². The van der Waals surface area contributed by atoms with Gasteiger partial charge in [0, 0.05) is 18.8 Å². The second-order valence-electron chi connectivity index (χ2n) is 10.2. The number of fused-ring (bicyclic) bond motifs is 1. The maximum atomic E-state index is 13.6. The van der Waals surface area contributed by atoms with E-state index >= 15 is 0 Å². The van der Waals surface area contributed by atoms with Gasteiger partial charge in [-0.3, -0.25) is 10.1 Å². The number of ether oxygens (including phenoxy) is 2. The van der Waals surface area contributed by atoms with Gasteiger partial charge in [0.1, 0.15) is 25.1 Å². The van der Waals surface area contributed by atoms with Gasteiger partial charge in [-0.1, -0.05) is 54.6 Å². The number of imidazole rings is 1. The molecular weight excluding hydrogens is 538 g/mol. The Kier molecular flexibility index (Phi) is 9.48. The molecule has 4 aromatic rings. The molecule has 0 saturated heterocycles. The third-order valence-electron chi connectivity index (χ3n) is 5.86. The first-order chi connectivity index (χ1) is 20.1. The molecule has 12 nitrogen and oxygen atoms in total. The molecule has 2 heterocycles. The summed E-state index contributed by atoms with van der Waals surface area (Å²) in [7, 11) is 0. The zero-order valence-electron chi connectivity index (χ0n) is 23.7.